The van der Waals surface area contributed by atoms with E-state index in [2.05, 4.69) is 37.9 Å². The minimum atomic E-state index is -0.137. The van der Waals surface area contributed by atoms with Crippen LogP contribution in [0.4, 0.5) is 11.4 Å². The first-order chi connectivity index (χ1) is 16.2. The molecule has 1 heterocycles. The summed E-state index contributed by atoms with van der Waals surface area (Å²) in [6, 6.07) is 15.8. The molecule has 0 aliphatic heterocycles. The molecule has 0 atom stereocenters. The first-order valence-electron chi connectivity index (χ1n) is 11.6. The van der Waals surface area contributed by atoms with E-state index < -0.39 is 0 Å². The van der Waals surface area contributed by atoms with Gasteiger partial charge in [0.15, 0.2) is 5.16 Å². The van der Waals surface area contributed by atoms with Crippen molar-refractivity contribution in [1.29, 1.82) is 0 Å². The Labute approximate surface area is 206 Å². The smallest absolute Gasteiger partial charge is 0.262 e. The quantitative estimate of drug-likeness (QED) is 0.344. The number of hydrogen-bond acceptors (Lipinski definition) is 6. The zero-order chi connectivity index (χ0) is 24.8. The van der Waals surface area contributed by atoms with E-state index in [-0.39, 0.29) is 17.2 Å². The number of benzene rings is 2. The van der Waals surface area contributed by atoms with Crippen LogP contribution in [0.2, 0.25) is 0 Å². The van der Waals surface area contributed by atoms with Gasteiger partial charge in [-0.05, 0) is 64.1 Å². The second-order valence-corrected chi connectivity index (χ2v) is 10.0. The second kappa shape index (κ2) is 11.5. The van der Waals surface area contributed by atoms with Gasteiger partial charge in [-0.3, -0.25) is 19.1 Å². The first-order valence-corrected chi connectivity index (χ1v) is 12.6. The normalized spacial score (nSPS) is 11.6. The fourth-order valence-corrected chi connectivity index (χ4v) is 4.78. The molecule has 0 aliphatic rings. The van der Waals surface area contributed by atoms with Crippen molar-refractivity contribution in [1.82, 2.24) is 14.5 Å². The zero-order valence-electron chi connectivity index (χ0n) is 20.9. The molecule has 8 heteroatoms. The number of thioether (sulfide) groups is 1. The number of carbonyl (C=O) groups excluding carboxylic acids is 1. The number of anilines is 2. The van der Waals surface area contributed by atoms with Crippen LogP contribution in [0.25, 0.3) is 10.9 Å². The fourth-order valence-electron chi connectivity index (χ4n) is 3.95. The number of carbonyl (C=O) groups is 1. The maximum Gasteiger partial charge on any atom is 0.262 e. The number of hydrogen-bond donors (Lipinski definition) is 1. The molecule has 3 rings (SSSR count). The van der Waals surface area contributed by atoms with Gasteiger partial charge in [0.2, 0.25) is 5.91 Å². The summed E-state index contributed by atoms with van der Waals surface area (Å²) in [4.78, 5) is 35.0. The highest BCUT2D eigenvalue weighted by Gasteiger charge is 2.17. The molecular weight excluding hydrogens is 446 g/mol. The number of aromatic nitrogens is 2. The predicted molar refractivity (Wildman–Crippen MR) is 143 cm³/mol. The van der Waals surface area contributed by atoms with Crippen LogP contribution in [-0.4, -0.2) is 58.8 Å². The Bertz CT molecular complexity index is 1160. The highest BCUT2D eigenvalue weighted by molar-refractivity contribution is 7.99. The second-order valence-electron chi connectivity index (χ2n) is 9.07. The van der Waals surface area contributed by atoms with Crippen LogP contribution < -0.4 is 15.8 Å². The average molecular weight is 482 g/mol. The summed E-state index contributed by atoms with van der Waals surface area (Å²) in [5.41, 5.74) is 2.38. The van der Waals surface area contributed by atoms with E-state index in [0.717, 1.165) is 17.9 Å². The Morgan fingerprint density at radius 2 is 1.68 bits per heavy atom. The van der Waals surface area contributed by atoms with Gasteiger partial charge in [0.25, 0.3) is 5.56 Å². The van der Waals surface area contributed by atoms with Crippen molar-refractivity contribution in [3.05, 3.63) is 58.9 Å². The van der Waals surface area contributed by atoms with Gasteiger partial charge in [0.05, 0.1) is 16.7 Å². The van der Waals surface area contributed by atoms with E-state index in [9.17, 15) is 9.59 Å². The van der Waals surface area contributed by atoms with Crippen LogP contribution >= 0.6 is 11.8 Å². The van der Waals surface area contributed by atoms with Crippen LogP contribution in [0.15, 0.2) is 58.5 Å². The largest absolute Gasteiger partial charge is 0.378 e. The third-order valence-electron chi connectivity index (χ3n) is 5.73. The molecule has 0 unspecified atom stereocenters. The maximum atomic E-state index is 13.3. The summed E-state index contributed by atoms with van der Waals surface area (Å²) in [7, 11) is 3.95. The predicted octanol–water partition coefficient (Wildman–Crippen LogP) is 4.31. The van der Waals surface area contributed by atoms with Crippen molar-refractivity contribution in [3.63, 3.8) is 0 Å². The lowest BCUT2D eigenvalue weighted by molar-refractivity contribution is -0.113. The third kappa shape index (κ3) is 6.39. The van der Waals surface area contributed by atoms with E-state index >= 15 is 0 Å². The van der Waals surface area contributed by atoms with Crippen molar-refractivity contribution in [3.8, 4) is 0 Å². The third-order valence-corrected chi connectivity index (χ3v) is 6.71. The lowest BCUT2D eigenvalue weighted by Gasteiger charge is -2.30. The van der Waals surface area contributed by atoms with Crippen molar-refractivity contribution in [2.75, 3.05) is 36.6 Å². The number of nitrogens with zero attached hydrogens (tertiary/aromatic N) is 4. The molecule has 1 N–H and O–H groups in total. The Hall–Kier alpha value is -2.84. The van der Waals surface area contributed by atoms with E-state index in [4.69, 9.17) is 4.98 Å². The summed E-state index contributed by atoms with van der Waals surface area (Å²) in [5, 5.41) is 4.09. The summed E-state index contributed by atoms with van der Waals surface area (Å²) in [5.74, 6) is 0.0284. The molecule has 0 aliphatic carbocycles. The van der Waals surface area contributed by atoms with Gasteiger partial charge in [-0.25, -0.2) is 4.98 Å². The molecule has 0 spiro atoms. The van der Waals surface area contributed by atoms with Crippen LogP contribution in [-0.2, 0) is 11.3 Å². The van der Waals surface area contributed by atoms with Crippen LogP contribution in [0, 0.1) is 0 Å². The van der Waals surface area contributed by atoms with Crippen molar-refractivity contribution in [2.24, 2.45) is 0 Å². The van der Waals surface area contributed by atoms with Gasteiger partial charge in [-0.1, -0.05) is 23.9 Å². The number of rotatable bonds is 10. The summed E-state index contributed by atoms with van der Waals surface area (Å²) in [6.45, 7) is 9.88. The molecule has 2 aromatic carbocycles. The van der Waals surface area contributed by atoms with E-state index in [0.29, 0.717) is 34.7 Å². The zero-order valence-corrected chi connectivity index (χ0v) is 21.7. The number of nitrogens with one attached hydrogen (secondary N) is 1. The summed E-state index contributed by atoms with van der Waals surface area (Å²) < 4.78 is 1.71. The Morgan fingerprint density at radius 3 is 2.29 bits per heavy atom. The lowest BCUT2D eigenvalue weighted by Crippen LogP contribution is -2.40. The molecule has 182 valence electrons. The van der Waals surface area contributed by atoms with Crippen LogP contribution in [0.1, 0.15) is 27.7 Å². The van der Waals surface area contributed by atoms with Gasteiger partial charge in [-0.15, -0.1) is 0 Å². The Kier molecular flexibility index (Phi) is 8.74. The van der Waals surface area contributed by atoms with E-state index in [1.165, 1.54) is 11.8 Å². The SMILES string of the molecule is CC(C)N(CCn1c(SCC(=O)Nc2ccc(N(C)C)cc2)nc2ccccc2c1=O)C(C)C. The van der Waals surface area contributed by atoms with Gasteiger partial charge in [0, 0.05) is 50.6 Å². The summed E-state index contributed by atoms with van der Waals surface area (Å²) >= 11 is 1.29. The highest BCUT2D eigenvalue weighted by Crippen LogP contribution is 2.20. The Morgan fingerprint density at radius 1 is 1.03 bits per heavy atom. The standard InChI is InChI=1S/C26H35N5O2S/c1-18(2)30(19(3)4)15-16-31-25(33)22-9-7-8-10-23(22)28-26(31)34-17-24(32)27-20-11-13-21(14-12-20)29(5)6/h7-14,18-19H,15-17H2,1-6H3,(H,27,32). The first kappa shape index (κ1) is 25.8. The van der Waals surface area contributed by atoms with Gasteiger partial charge in [-0.2, -0.15) is 0 Å². The van der Waals surface area contributed by atoms with Gasteiger partial charge < -0.3 is 10.2 Å². The fraction of sp³-hybridized carbons (Fsp3) is 0.423. The number of amides is 1. The monoisotopic (exact) mass is 481 g/mol. The van der Waals surface area contributed by atoms with Crippen molar-refractivity contribution in [2.45, 2.75) is 51.5 Å². The molecule has 0 bridgehead atoms. The van der Waals surface area contributed by atoms with Crippen LogP contribution in [0.5, 0.6) is 0 Å². The Balaban J connectivity index is 1.79. The van der Waals surface area contributed by atoms with Gasteiger partial charge >= 0.3 is 0 Å². The molecule has 1 amide bonds. The molecule has 3 aromatic rings. The molecular formula is C26H35N5O2S. The number of fused-ring (bicyclic) bond motifs is 1. The molecule has 0 radical (unpaired) electrons. The maximum absolute atomic E-state index is 13.3. The van der Waals surface area contributed by atoms with Crippen molar-refractivity contribution < 1.29 is 4.79 Å². The van der Waals surface area contributed by atoms with E-state index in [1.54, 1.807) is 4.57 Å². The number of para-hydroxylation sites is 1. The van der Waals surface area contributed by atoms with Crippen LogP contribution in [0.3, 0.4) is 0 Å². The molecule has 7 nitrogen and oxygen atoms in total. The van der Waals surface area contributed by atoms with Crippen molar-refractivity contribution >= 4 is 39.9 Å². The van der Waals surface area contributed by atoms with Gasteiger partial charge in [0.1, 0.15) is 0 Å². The molecule has 1 aromatic heterocycles. The molecule has 0 fully saturated rings. The molecule has 34 heavy (non-hydrogen) atoms. The van der Waals surface area contributed by atoms with E-state index in [1.807, 2.05) is 67.5 Å². The molecule has 0 saturated carbocycles. The highest BCUT2D eigenvalue weighted by atomic mass is 32.2. The topological polar surface area (TPSA) is 70.5 Å². The minimum absolute atomic E-state index is 0.0692. The lowest BCUT2D eigenvalue weighted by atomic mass is 10.2. The summed E-state index contributed by atoms with van der Waals surface area (Å²) in [6.07, 6.45) is 0. The average Bonchev–Trinajstić information content (AvgIpc) is 2.79. The minimum Gasteiger partial charge on any atom is -0.378 e. The molecule has 0 saturated heterocycles.